The summed E-state index contributed by atoms with van der Waals surface area (Å²) in [5.41, 5.74) is 1.61. The van der Waals surface area contributed by atoms with Crippen LogP contribution >= 0.6 is 23.2 Å². The van der Waals surface area contributed by atoms with E-state index in [1.807, 2.05) is 24.3 Å². The van der Waals surface area contributed by atoms with E-state index in [0.29, 0.717) is 37.3 Å². The van der Waals surface area contributed by atoms with Crippen LogP contribution in [0.1, 0.15) is 31.4 Å². The second-order valence-corrected chi connectivity index (χ2v) is 9.18. The number of carbonyl (C=O) groups is 2. The molecule has 1 heterocycles. The number of rotatable bonds is 7. The predicted octanol–water partition coefficient (Wildman–Crippen LogP) is 5.05. The topological polar surface area (TPSA) is 80.3 Å². The van der Waals surface area contributed by atoms with Crippen molar-refractivity contribution < 1.29 is 18.7 Å². The Morgan fingerprint density at radius 2 is 1.82 bits per heavy atom. The zero-order valence-corrected chi connectivity index (χ0v) is 19.8. The number of halogens is 3. The van der Waals surface area contributed by atoms with Crippen LogP contribution < -0.4 is 15.4 Å². The maximum absolute atomic E-state index is 13.5. The number of nitrogens with zero attached hydrogens (tertiary/aromatic N) is 1. The van der Waals surface area contributed by atoms with Crippen LogP contribution in [0.5, 0.6) is 5.75 Å². The van der Waals surface area contributed by atoms with Crippen LogP contribution in [0.4, 0.5) is 4.39 Å². The van der Waals surface area contributed by atoms with Crippen molar-refractivity contribution in [2.24, 2.45) is 5.92 Å². The summed E-state index contributed by atoms with van der Waals surface area (Å²) in [5, 5.41) is 7.50. The molecule has 2 amide bonds. The van der Waals surface area contributed by atoms with E-state index in [2.05, 4.69) is 15.6 Å². The lowest BCUT2D eigenvalue weighted by Gasteiger charge is -2.28. The van der Waals surface area contributed by atoms with E-state index >= 15 is 0 Å². The van der Waals surface area contributed by atoms with Crippen molar-refractivity contribution >= 4 is 45.9 Å². The molecular formula is C25H24Cl2FN3O3. The van der Waals surface area contributed by atoms with Crippen molar-refractivity contribution in [3.8, 4) is 5.75 Å². The number of hydrogen-bond acceptors (Lipinski definition) is 4. The lowest BCUT2D eigenvalue weighted by molar-refractivity contribution is -0.126. The molecule has 0 bridgehead atoms. The summed E-state index contributed by atoms with van der Waals surface area (Å²) in [7, 11) is 0. The molecule has 0 radical (unpaired) electrons. The molecule has 34 heavy (non-hydrogen) atoms. The van der Waals surface area contributed by atoms with E-state index in [9.17, 15) is 14.0 Å². The smallest absolute Gasteiger partial charge is 0.258 e. The van der Waals surface area contributed by atoms with Gasteiger partial charge in [-0.2, -0.15) is 0 Å². The Morgan fingerprint density at radius 3 is 2.59 bits per heavy atom. The molecule has 4 rings (SSSR count). The van der Waals surface area contributed by atoms with Crippen LogP contribution in [0.3, 0.4) is 0 Å². The number of hydrogen-bond donors (Lipinski definition) is 2. The van der Waals surface area contributed by atoms with Crippen molar-refractivity contribution in [2.75, 3.05) is 6.61 Å². The second kappa shape index (κ2) is 11.0. The third-order valence-electron chi connectivity index (χ3n) is 5.88. The summed E-state index contributed by atoms with van der Waals surface area (Å²) in [6.45, 7) is 0.142. The highest BCUT2D eigenvalue weighted by molar-refractivity contribution is 6.31. The Labute approximate surface area is 206 Å². The summed E-state index contributed by atoms with van der Waals surface area (Å²) in [6.07, 6.45) is 2.77. The lowest BCUT2D eigenvalue weighted by Crippen LogP contribution is -2.42. The van der Waals surface area contributed by atoms with E-state index in [1.54, 1.807) is 6.07 Å². The molecule has 2 N–H and O–H groups in total. The molecule has 178 valence electrons. The Morgan fingerprint density at radius 1 is 1.03 bits per heavy atom. The number of benzene rings is 2. The first-order valence-electron chi connectivity index (χ1n) is 11.1. The molecule has 1 aliphatic carbocycles. The van der Waals surface area contributed by atoms with Gasteiger partial charge in [0.2, 0.25) is 5.91 Å². The molecule has 6 nitrogen and oxygen atoms in total. The Hall–Kier alpha value is -2.90. The highest BCUT2D eigenvalue weighted by atomic mass is 35.5. The fraction of sp³-hybridized carbons (Fsp3) is 0.320. The van der Waals surface area contributed by atoms with Gasteiger partial charge in [-0.3, -0.25) is 14.6 Å². The van der Waals surface area contributed by atoms with Crippen molar-refractivity contribution in [1.82, 2.24) is 15.6 Å². The first-order chi connectivity index (χ1) is 16.4. The monoisotopic (exact) mass is 503 g/mol. The molecule has 0 spiro atoms. The van der Waals surface area contributed by atoms with Gasteiger partial charge in [0, 0.05) is 28.4 Å². The minimum atomic E-state index is -0.600. The molecule has 0 atom stereocenters. The minimum absolute atomic E-state index is 0.00325. The van der Waals surface area contributed by atoms with Crippen LogP contribution in [-0.4, -0.2) is 29.4 Å². The number of ether oxygens (including phenoxy) is 1. The normalized spacial score (nSPS) is 17.9. The molecule has 1 aliphatic rings. The van der Waals surface area contributed by atoms with Gasteiger partial charge >= 0.3 is 0 Å². The maximum Gasteiger partial charge on any atom is 0.258 e. The summed E-state index contributed by atoms with van der Waals surface area (Å²) in [4.78, 5) is 29.4. The number of fused-ring (bicyclic) bond motifs is 1. The van der Waals surface area contributed by atoms with Crippen molar-refractivity contribution in [1.29, 1.82) is 0 Å². The summed E-state index contributed by atoms with van der Waals surface area (Å²) in [5.74, 6) is -0.747. The fourth-order valence-electron chi connectivity index (χ4n) is 4.04. The quantitative estimate of drug-likeness (QED) is 0.472. The predicted molar refractivity (Wildman–Crippen MR) is 129 cm³/mol. The molecule has 9 heteroatoms. The standard InChI is InChI=1S/C25H24Cl2FN3O3/c26-17-4-10-23-16(11-17)3-7-19(30-23)13-29-25(33)15-1-5-18(6-2-15)31-24(32)14-34-20-8-9-21(27)22(28)12-20/h3-4,7-12,15,18H,1-2,5-6,13-14H2,(H,29,33)(H,31,32)/t15-,18-. The first kappa shape index (κ1) is 24.2. The molecule has 2 aromatic carbocycles. The molecule has 3 aromatic rings. The third kappa shape index (κ3) is 6.36. The van der Waals surface area contributed by atoms with Crippen molar-refractivity contribution in [3.05, 3.63) is 70.1 Å². The van der Waals surface area contributed by atoms with Gasteiger partial charge in [-0.1, -0.05) is 29.3 Å². The van der Waals surface area contributed by atoms with Crippen LogP contribution in [0.15, 0.2) is 48.5 Å². The average Bonchev–Trinajstić information content (AvgIpc) is 2.83. The zero-order chi connectivity index (χ0) is 24.1. The van der Waals surface area contributed by atoms with E-state index < -0.39 is 5.82 Å². The number of nitrogens with one attached hydrogen (secondary N) is 2. The second-order valence-electron chi connectivity index (χ2n) is 8.34. The SMILES string of the molecule is O=C(COc1ccc(Cl)c(F)c1)N[C@H]1CC[C@H](C(=O)NCc2ccc3cc(Cl)ccc3n2)CC1. The van der Waals surface area contributed by atoms with Crippen LogP contribution in [0.25, 0.3) is 10.9 Å². The maximum atomic E-state index is 13.5. The molecule has 0 unspecified atom stereocenters. The van der Waals surface area contributed by atoms with Gasteiger partial charge in [-0.25, -0.2) is 4.39 Å². The van der Waals surface area contributed by atoms with Gasteiger partial charge in [-0.05, 0) is 62.1 Å². The first-order valence-corrected chi connectivity index (χ1v) is 11.8. The van der Waals surface area contributed by atoms with Crippen molar-refractivity contribution in [3.63, 3.8) is 0 Å². The lowest BCUT2D eigenvalue weighted by atomic mass is 9.85. The van der Waals surface area contributed by atoms with Gasteiger partial charge in [-0.15, -0.1) is 0 Å². The van der Waals surface area contributed by atoms with Crippen LogP contribution in [-0.2, 0) is 16.1 Å². The Bertz CT molecular complexity index is 1200. The molecular weight excluding hydrogens is 480 g/mol. The fourth-order valence-corrected chi connectivity index (χ4v) is 4.34. The van der Waals surface area contributed by atoms with E-state index in [4.69, 9.17) is 27.9 Å². The minimum Gasteiger partial charge on any atom is -0.484 e. The van der Waals surface area contributed by atoms with Gasteiger partial charge in [0.05, 0.1) is 22.8 Å². The largest absolute Gasteiger partial charge is 0.484 e. The number of carbonyl (C=O) groups excluding carboxylic acids is 2. The van der Waals surface area contributed by atoms with Crippen molar-refractivity contribution in [2.45, 2.75) is 38.3 Å². The van der Waals surface area contributed by atoms with Gasteiger partial charge < -0.3 is 15.4 Å². The van der Waals surface area contributed by atoms with Gasteiger partial charge in [0.1, 0.15) is 11.6 Å². The summed E-state index contributed by atoms with van der Waals surface area (Å²) in [6, 6.07) is 13.3. The van der Waals surface area contributed by atoms with Gasteiger partial charge in [0.15, 0.2) is 6.61 Å². The molecule has 0 saturated heterocycles. The number of amides is 2. The van der Waals surface area contributed by atoms with E-state index in [-0.39, 0.29) is 41.2 Å². The molecule has 1 fully saturated rings. The Balaban J connectivity index is 1.18. The Kier molecular flexibility index (Phi) is 7.85. The highest BCUT2D eigenvalue weighted by Crippen LogP contribution is 2.25. The number of aromatic nitrogens is 1. The van der Waals surface area contributed by atoms with E-state index in [1.165, 1.54) is 12.1 Å². The molecule has 1 aromatic heterocycles. The number of pyridine rings is 1. The third-order valence-corrected chi connectivity index (χ3v) is 6.42. The summed E-state index contributed by atoms with van der Waals surface area (Å²) >= 11 is 11.6. The van der Waals surface area contributed by atoms with E-state index in [0.717, 1.165) is 22.7 Å². The summed E-state index contributed by atoms with van der Waals surface area (Å²) < 4.78 is 18.8. The van der Waals surface area contributed by atoms with Crippen LogP contribution in [0, 0.1) is 11.7 Å². The average molecular weight is 504 g/mol. The molecule has 0 aliphatic heterocycles. The zero-order valence-electron chi connectivity index (χ0n) is 18.3. The molecule has 1 saturated carbocycles. The van der Waals surface area contributed by atoms with Gasteiger partial charge in [0.25, 0.3) is 5.91 Å². The van der Waals surface area contributed by atoms with Crippen LogP contribution in [0.2, 0.25) is 10.0 Å². The highest BCUT2D eigenvalue weighted by Gasteiger charge is 2.27.